The minimum absolute atomic E-state index is 0.162. The summed E-state index contributed by atoms with van der Waals surface area (Å²) in [7, 11) is 0. The van der Waals surface area contributed by atoms with Gasteiger partial charge in [-0.15, -0.1) is 0 Å². The van der Waals surface area contributed by atoms with Gasteiger partial charge in [0.1, 0.15) is 5.56 Å². The molecule has 1 aliphatic rings. The largest absolute Gasteiger partial charge is 0.338 e. The second-order valence-electron chi connectivity index (χ2n) is 8.88. The van der Waals surface area contributed by atoms with Gasteiger partial charge in [-0.25, -0.2) is 0 Å². The Hall–Kier alpha value is -4.04. The molecule has 0 spiro atoms. The molecule has 0 radical (unpaired) electrons. The van der Waals surface area contributed by atoms with Crippen LogP contribution in [0.2, 0.25) is 0 Å². The van der Waals surface area contributed by atoms with Gasteiger partial charge in [0.15, 0.2) is 0 Å². The monoisotopic (exact) mass is 469 g/mol. The smallest absolute Gasteiger partial charge is 0.261 e. The molecule has 2 aromatic heterocycles. The number of amides is 1. The van der Waals surface area contributed by atoms with Gasteiger partial charge < -0.3 is 14.4 Å². The second-order valence-corrected chi connectivity index (χ2v) is 8.88. The summed E-state index contributed by atoms with van der Waals surface area (Å²) >= 11 is 0. The van der Waals surface area contributed by atoms with Crippen LogP contribution >= 0.6 is 0 Å². The molecule has 0 unspecified atom stereocenters. The number of rotatable bonds is 5. The van der Waals surface area contributed by atoms with Crippen LogP contribution in [0.1, 0.15) is 27.4 Å². The molecule has 1 amide bonds. The molecule has 0 bridgehead atoms. The molecule has 1 fully saturated rings. The van der Waals surface area contributed by atoms with Crippen LogP contribution in [0.4, 0.5) is 0 Å². The number of piperazine rings is 1. The van der Waals surface area contributed by atoms with Gasteiger partial charge in [-0.05, 0) is 43.2 Å². The number of benzene rings is 2. The maximum absolute atomic E-state index is 13.0. The first-order valence-corrected chi connectivity index (χ1v) is 11.7. The Labute approximate surface area is 203 Å². The number of aryl methyl sites for hydroxylation is 2. The summed E-state index contributed by atoms with van der Waals surface area (Å²) in [5, 5.41) is 4.12. The summed E-state index contributed by atoms with van der Waals surface area (Å²) in [5.41, 5.74) is 4.56. The molecule has 8 nitrogen and oxygen atoms in total. The van der Waals surface area contributed by atoms with E-state index in [0.717, 1.165) is 22.3 Å². The second kappa shape index (κ2) is 9.68. The zero-order valence-corrected chi connectivity index (χ0v) is 19.8. The maximum Gasteiger partial charge on any atom is 0.261 e. The van der Waals surface area contributed by atoms with Crippen LogP contribution in [-0.2, 0) is 6.54 Å². The van der Waals surface area contributed by atoms with Crippen molar-refractivity contribution in [2.45, 2.75) is 20.4 Å². The molecule has 178 valence electrons. The van der Waals surface area contributed by atoms with Crippen molar-refractivity contribution in [3.8, 4) is 22.6 Å². The fraction of sp³-hybridized carbons (Fsp3) is 0.259. The first-order chi connectivity index (χ1) is 17.0. The Morgan fingerprint density at radius 1 is 1.00 bits per heavy atom. The van der Waals surface area contributed by atoms with E-state index in [1.807, 2.05) is 62.4 Å². The standard InChI is InChI=1S/C27H27N5O3/c1-18-6-5-8-20(16-18)23-11-10-22(26(33)28-23)27(34)32-14-12-31(13-15-32)17-24-29-25(30-35-24)21-9-4-3-7-19(21)2/h3-11,16H,12-15,17H2,1-2H3,(H,28,33). The third-order valence-corrected chi connectivity index (χ3v) is 6.34. The molecule has 35 heavy (non-hydrogen) atoms. The topological polar surface area (TPSA) is 95.3 Å². The molecule has 1 N–H and O–H groups in total. The Kier molecular flexibility index (Phi) is 6.29. The van der Waals surface area contributed by atoms with Crippen LogP contribution in [0, 0.1) is 13.8 Å². The molecule has 0 saturated carbocycles. The SMILES string of the molecule is Cc1cccc(-c2ccc(C(=O)N3CCN(Cc4nc(-c5ccccc5C)no4)CC3)c(=O)[nH]2)c1. The first kappa shape index (κ1) is 22.7. The van der Waals surface area contributed by atoms with Crippen LogP contribution in [0.25, 0.3) is 22.6 Å². The molecule has 2 aromatic carbocycles. The van der Waals surface area contributed by atoms with Crippen molar-refractivity contribution >= 4 is 5.91 Å². The number of nitrogens with zero attached hydrogens (tertiary/aromatic N) is 4. The molecule has 1 aliphatic heterocycles. The highest BCUT2D eigenvalue weighted by Crippen LogP contribution is 2.21. The summed E-state index contributed by atoms with van der Waals surface area (Å²) in [5.74, 6) is 0.882. The predicted molar refractivity (Wildman–Crippen MR) is 133 cm³/mol. The van der Waals surface area contributed by atoms with Crippen LogP contribution in [0.15, 0.2) is 70.0 Å². The lowest BCUT2D eigenvalue weighted by molar-refractivity contribution is 0.0613. The van der Waals surface area contributed by atoms with Gasteiger partial charge in [0.05, 0.1) is 6.54 Å². The van der Waals surface area contributed by atoms with E-state index >= 15 is 0 Å². The minimum Gasteiger partial charge on any atom is -0.338 e. The fourth-order valence-electron chi connectivity index (χ4n) is 4.35. The van der Waals surface area contributed by atoms with E-state index in [9.17, 15) is 9.59 Å². The van der Waals surface area contributed by atoms with E-state index in [2.05, 4.69) is 20.0 Å². The van der Waals surface area contributed by atoms with Crippen LogP contribution in [0.3, 0.4) is 0 Å². The van der Waals surface area contributed by atoms with Gasteiger partial charge in [-0.2, -0.15) is 4.98 Å². The summed E-state index contributed by atoms with van der Waals surface area (Å²) < 4.78 is 5.46. The molecule has 0 atom stereocenters. The van der Waals surface area contributed by atoms with E-state index in [1.54, 1.807) is 17.0 Å². The summed E-state index contributed by atoms with van der Waals surface area (Å²) in [6.45, 7) is 6.91. The summed E-state index contributed by atoms with van der Waals surface area (Å²) in [4.78, 5) is 37.0. The number of pyridine rings is 1. The summed E-state index contributed by atoms with van der Waals surface area (Å²) in [6, 6.07) is 19.2. The minimum atomic E-state index is -0.369. The highest BCUT2D eigenvalue weighted by atomic mass is 16.5. The Balaban J connectivity index is 1.20. The number of hydrogen-bond donors (Lipinski definition) is 1. The first-order valence-electron chi connectivity index (χ1n) is 11.7. The lowest BCUT2D eigenvalue weighted by Crippen LogP contribution is -2.49. The van der Waals surface area contributed by atoms with Crippen LogP contribution in [-0.4, -0.2) is 57.0 Å². The van der Waals surface area contributed by atoms with Gasteiger partial charge in [0.2, 0.25) is 11.7 Å². The molecule has 1 saturated heterocycles. The van der Waals surface area contributed by atoms with Gasteiger partial charge in [0, 0.05) is 37.4 Å². The highest BCUT2D eigenvalue weighted by molar-refractivity contribution is 5.94. The molecular weight excluding hydrogens is 442 g/mol. The normalized spacial score (nSPS) is 14.3. The van der Waals surface area contributed by atoms with Gasteiger partial charge >= 0.3 is 0 Å². The maximum atomic E-state index is 13.0. The average Bonchev–Trinajstić information content (AvgIpc) is 3.32. The number of hydrogen-bond acceptors (Lipinski definition) is 6. The third kappa shape index (κ3) is 4.93. The van der Waals surface area contributed by atoms with Crippen molar-refractivity contribution in [3.63, 3.8) is 0 Å². The molecular formula is C27H27N5O3. The lowest BCUT2D eigenvalue weighted by atomic mass is 10.1. The lowest BCUT2D eigenvalue weighted by Gasteiger charge is -2.33. The molecule has 4 aromatic rings. The fourth-order valence-corrected chi connectivity index (χ4v) is 4.35. The van der Waals surface area contributed by atoms with Gasteiger partial charge in [-0.1, -0.05) is 53.2 Å². The number of H-pyrrole nitrogens is 1. The predicted octanol–water partition coefficient (Wildman–Crippen LogP) is 3.67. The number of carbonyl (C=O) groups is 1. The van der Waals surface area contributed by atoms with E-state index in [4.69, 9.17) is 4.52 Å². The van der Waals surface area contributed by atoms with Crippen molar-refractivity contribution in [3.05, 3.63) is 93.6 Å². The third-order valence-electron chi connectivity index (χ3n) is 6.34. The Bertz CT molecular complexity index is 1420. The number of aromatic amines is 1. The number of carbonyl (C=O) groups excluding carboxylic acids is 1. The quantitative estimate of drug-likeness (QED) is 0.479. The van der Waals surface area contributed by atoms with E-state index in [1.165, 1.54) is 0 Å². The van der Waals surface area contributed by atoms with Gasteiger partial charge in [0.25, 0.3) is 11.5 Å². The van der Waals surface area contributed by atoms with Crippen molar-refractivity contribution < 1.29 is 9.32 Å². The van der Waals surface area contributed by atoms with Crippen molar-refractivity contribution in [1.29, 1.82) is 0 Å². The highest BCUT2D eigenvalue weighted by Gasteiger charge is 2.25. The average molecular weight is 470 g/mol. The Morgan fingerprint density at radius 2 is 1.80 bits per heavy atom. The van der Waals surface area contributed by atoms with Crippen LogP contribution in [0.5, 0.6) is 0 Å². The van der Waals surface area contributed by atoms with Crippen molar-refractivity contribution in [1.82, 2.24) is 24.9 Å². The van der Waals surface area contributed by atoms with Gasteiger partial charge in [-0.3, -0.25) is 14.5 Å². The zero-order chi connectivity index (χ0) is 24.4. The van der Waals surface area contributed by atoms with Crippen molar-refractivity contribution in [2.75, 3.05) is 26.2 Å². The molecule has 8 heteroatoms. The Morgan fingerprint density at radius 3 is 2.54 bits per heavy atom. The van der Waals surface area contributed by atoms with Crippen LogP contribution < -0.4 is 5.56 Å². The molecule has 5 rings (SSSR count). The van der Waals surface area contributed by atoms with E-state index in [0.29, 0.717) is 50.1 Å². The van der Waals surface area contributed by atoms with E-state index in [-0.39, 0.29) is 17.0 Å². The summed E-state index contributed by atoms with van der Waals surface area (Å²) in [6.07, 6.45) is 0. The number of nitrogens with one attached hydrogen (secondary N) is 1. The zero-order valence-electron chi connectivity index (χ0n) is 19.8. The van der Waals surface area contributed by atoms with E-state index < -0.39 is 0 Å². The molecule has 3 heterocycles. The number of aromatic nitrogens is 3. The van der Waals surface area contributed by atoms with Crippen molar-refractivity contribution in [2.24, 2.45) is 0 Å². The molecule has 0 aliphatic carbocycles.